The van der Waals surface area contributed by atoms with Crippen LogP contribution in [0.1, 0.15) is 44.9 Å². The number of nitrogens with one attached hydrogen (secondary N) is 1. The van der Waals surface area contributed by atoms with Gasteiger partial charge in [-0.15, -0.1) is 0 Å². The van der Waals surface area contributed by atoms with Gasteiger partial charge >= 0.3 is 0 Å². The first-order valence-corrected chi connectivity index (χ1v) is 6.87. The Kier molecular flexibility index (Phi) is 5.17. The SMILES string of the molecule is COc1ccc(C)cc1C(C)NC(=O)[C@H](N)C(C)(C)C. The average molecular weight is 278 g/mol. The highest BCUT2D eigenvalue weighted by atomic mass is 16.5. The molecule has 0 radical (unpaired) electrons. The van der Waals surface area contributed by atoms with Crippen molar-refractivity contribution in [3.63, 3.8) is 0 Å². The lowest BCUT2D eigenvalue weighted by Gasteiger charge is -2.28. The van der Waals surface area contributed by atoms with Crippen molar-refractivity contribution >= 4 is 5.91 Å². The maximum atomic E-state index is 12.2. The molecule has 0 heterocycles. The van der Waals surface area contributed by atoms with E-state index in [0.29, 0.717) is 0 Å². The fourth-order valence-corrected chi connectivity index (χ4v) is 1.97. The van der Waals surface area contributed by atoms with Crippen molar-refractivity contribution in [3.8, 4) is 5.75 Å². The molecule has 0 aliphatic heterocycles. The summed E-state index contributed by atoms with van der Waals surface area (Å²) in [5, 5.41) is 2.96. The number of amides is 1. The fraction of sp³-hybridized carbons (Fsp3) is 0.562. The zero-order chi connectivity index (χ0) is 15.5. The first kappa shape index (κ1) is 16.5. The summed E-state index contributed by atoms with van der Waals surface area (Å²) < 4.78 is 5.35. The van der Waals surface area contributed by atoms with Crippen LogP contribution in [0.15, 0.2) is 18.2 Å². The van der Waals surface area contributed by atoms with Crippen molar-refractivity contribution in [2.24, 2.45) is 11.1 Å². The van der Waals surface area contributed by atoms with E-state index in [1.807, 2.05) is 52.8 Å². The van der Waals surface area contributed by atoms with Gasteiger partial charge < -0.3 is 15.8 Å². The predicted octanol–water partition coefficient (Wildman–Crippen LogP) is 2.55. The zero-order valence-electron chi connectivity index (χ0n) is 13.3. The van der Waals surface area contributed by atoms with Crippen LogP contribution in [0.4, 0.5) is 0 Å². The molecule has 0 saturated carbocycles. The average Bonchev–Trinajstić information content (AvgIpc) is 2.36. The largest absolute Gasteiger partial charge is 0.496 e. The second kappa shape index (κ2) is 6.27. The highest BCUT2D eigenvalue weighted by molar-refractivity contribution is 5.82. The molecular weight excluding hydrogens is 252 g/mol. The van der Waals surface area contributed by atoms with Crippen molar-refractivity contribution in [2.45, 2.75) is 46.7 Å². The van der Waals surface area contributed by atoms with E-state index < -0.39 is 6.04 Å². The first-order valence-electron chi connectivity index (χ1n) is 6.87. The second-order valence-electron chi connectivity index (χ2n) is 6.32. The van der Waals surface area contributed by atoms with Crippen LogP contribution in [-0.2, 0) is 4.79 Å². The fourth-order valence-electron chi connectivity index (χ4n) is 1.97. The molecular formula is C16H26N2O2. The standard InChI is InChI=1S/C16H26N2O2/c1-10-7-8-13(20-6)12(9-10)11(2)18-15(19)14(17)16(3,4)5/h7-9,11,14H,17H2,1-6H3,(H,18,19)/t11?,14-/m0/s1. The minimum Gasteiger partial charge on any atom is -0.496 e. The lowest BCUT2D eigenvalue weighted by Crippen LogP contribution is -2.49. The number of methoxy groups -OCH3 is 1. The lowest BCUT2D eigenvalue weighted by molar-refractivity contribution is -0.125. The third kappa shape index (κ3) is 3.97. The van der Waals surface area contributed by atoms with Crippen LogP contribution in [0.25, 0.3) is 0 Å². The van der Waals surface area contributed by atoms with Gasteiger partial charge in [0.05, 0.1) is 19.2 Å². The summed E-state index contributed by atoms with van der Waals surface area (Å²) in [4.78, 5) is 12.2. The van der Waals surface area contributed by atoms with Gasteiger partial charge in [-0.2, -0.15) is 0 Å². The quantitative estimate of drug-likeness (QED) is 0.889. The highest BCUT2D eigenvalue weighted by Crippen LogP contribution is 2.26. The summed E-state index contributed by atoms with van der Waals surface area (Å²) >= 11 is 0. The van der Waals surface area contributed by atoms with Crippen molar-refractivity contribution < 1.29 is 9.53 Å². The summed E-state index contributed by atoms with van der Waals surface area (Å²) in [5.41, 5.74) is 7.80. The van der Waals surface area contributed by atoms with E-state index in [0.717, 1.165) is 16.9 Å². The Bertz CT molecular complexity index is 478. The van der Waals surface area contributed by atoms with Crippen LogP contribution in [0.2, 0.25) is 0 Å². The Morgan fingerprint density at radius 3 is 2.45 bits per heavy atom. The van der Waals surface area contributed by atoms with E-state index in [-0.39, 0.29) is 17.4 Å². The van der Waals surface area contributed by atoms with Gasteiger partial charge in [0.1, 0.15) is 5.75 Å². The molecule has 0 aliphatic rings. The van der Waals surface area contributed by atoms with Crippen molar-refractivity contribution in [2.75, 3.05) is 7.11 Å². The number of benzene rings is 1. The Balaban J connectivity index is 2.89. The molecule has 2 atom stereocenters. The molecule has 0 saturated heterocycles. The van der Waals surface area contributed by atoms with Crippen molar-refractivity contribution in [1.82, 2.24) is 5.32 Å². The molecule has 0 aliphatic carbocycles. The van der Waals surface area contributed by atoms with Gasteiger partial charge in [-0.25, -0.2) is 0 Å². The van der Waals surface area contributed by atoms with Gasteiger partial charge in [0, 0.05) is 5.56 Å². The normalized spacial score (nSPS) is 14.6. The van der Waals surface area contributed by atoms with Gasteiger partial charge in [-0.1, -0.05) is 38.5 Å². The molecule has 1 unspecified atom stereocenters. The highest BCUT2D eigenvalue weighted by Gasteiger charge is 2.28. The van der Waals surface area contributed by atoms with Gasteiger partial charge in [-0.05, 0) is 25.3 Å². The summed E-state index contributed by atoms with van der Waals surface area (Å²) in [5.74, 6) is 0.626. The van der Waals surface area contributed by atoms with Crippen LogP contribution in [-0.4, -0.2) is 19.1 Å². The number of nitrogens with two attached hydrogens (primary N) is 1. The van der Waals surface area contributed by atoms with Crippen LogP contribution in [0.3, 0.4) is 0 Å². The number of hydrogen-bond acceptors (Lipinski definition) is 3. The molecule has 1 aromatic rings. The van der Waals surface area contributed by atoms with Gasteiger partial charge in [0.25, 0.3) is 0 Å². The Morgan fingerprint density at radius 2 is 1.95 bits per heavy atom. The molecule has 20 heavy (non-hydrogen) atoms. The van der Waals surface area contributed by atoms with E-state index in [2.05, 4.69) is 5.32 Å². The van der Waals surface area contributed by atoms with E-state index in [9.17, 15) is 4.79 Å². The molecule has 1 amide bonds. The third-order valence-electron chi connectivity index (χ3n) is 3.43. The number of ether oxygens (including phenoxy) is 1. The molecule has 4 nitrogen and oxygen atoms in total. The number of hydrogen-bond donors (Lipinski definition) is 2. The molecule has 112 valence electrons. The summed E-state index contributed by atoms with van der Waals surface area (Å²) in [6.07, 6.45) is 0. The molecule has 4 heteroatoms. The minimum atomic E-state index is -0.541. The molecule has 1 rings (SSSR count). The minimum absolute atomic E-state index is 0.145. The maximum Gasteiger partial charge on any atom is 0.237 e. The summed E-state index contributed by atoms with van der Waals surface area (Å²) in [6, 6.07) is 5.23. The monoisotopic (exact) mass is 278 g/mol. The Morgan fingerprint density at radius 1 is 1.35 bits per heavy atom. The smallest absolute Gasteiger partial charge is 0.237 e. The predicted molar refractivity (Wildman–Crippen MR) is 81.7 cm³/mol. The molecule has 0 bridgehead atoms. The van der Waals surface area contributed by atoms with Crippen LogP contribution >= 0.6 is 0 Å². The maximum absolute atomic E-state index is 12.2. The number of aryl methyl sites for hydroxylation is 1. The topological polar surface area (TPSA) is 64.3 Å². The first-order chi connectivity index (χ1) is 9.16. The van der Waals surface area contributed by atoms with E-state index in [1.165, 1.54) is 0 Å². The summed E-state index contributed by atoms with van der Waals surface area (Å²) in [7, 11) is 1.63. The lowest BCUT2D eigenvalue weighted by atomic mass is 9.86. The zero-order valence-corrected chi connectivity index (χ0v) is 13.3. The number of rotatable bonds is 4. The molecule has 1 aromatic carbocycles. The van der Waals surface area contributed by atoms with Crippen LogP contribution in [0, 0.1) is 12.3 Å². The number of carbonyl (C=O) groups is 1. The van der Waals surface area contributed by atoms with Crippen LogP contribution in [0.5, 0.6) is 5.75 Å². The Hall–Kier alpha value is -1.55. The molecule has 0 spiro atoms. The summed E-state index contributed by atoms with van der Waals surface area (Å²) in [6.45, 7) is 9.81. The van der Waals surface area contributed by atoms with Gasteiger partial charge in [0.15, 0.2) is 0 Å². The molecule has 0 aromatic heterocycles. The van der Waals surface area contributed by atoms with Crippen LogP contribution < -0.4 is 15.8 Å². The van der Waals surface area contributed by atoms with E-state index in [4.69, 9.17) is 10.5 Å². The van der Waals surface area contributed by atoms with Gasteiger partial charge in [-0.3, -0.25) is 4.79 Å². The van der Waals surface area contributed by atoms with E-state index in [1.54, 1.807) is 7.11 Å². The van der Waals surface area contributed by atoms with E-state index >= 15 is 0 Å². The molecule has 0 fully saturated rings. The Labute approximate surface area is 121 Å². The molecule has 3 N–H and O–H groups in total. The second-order valence-corrected chi connectivity index (χ2v) is 6.32. The van der Waals surface area contributed by atoms with Gasteiger partial charge in [0.2, 0.25) is 5.91 Å². The van der Waals surface area contributed by atoms with Crippen molar-refractivity contribution in [1.29, 1.82) is 0 Å². The number of carbonyl (C=O) groups excluding carboxylic acids is 1. The third-order valence-corrected chi connectivity index (χ3v) is 3.43. The van der Waals surface area contributed by atoms with Crippen molar-refractivity contribution in [3.05, 3.63) is 29.3 Å².